The van der Waals surface area contributed by atoms with Gasteiger partial charge in [0.2, 0.25) is 0 Å². The van der Waals surface area contributed by atoms with E-state index in [1.54, 1.807) is 0 Å². The van der Waals surface area contributed by atoms with Crippen molar-refractivity contribution in [2.75, 3.05) is 0 Å². The van der Waals surface area contributed by atoms with Gasteiger partial charge in [0.1, 0.15) is 0 Å². The highest BCUT2D eigenvalue weighted by atomic mass is 14.8. The highest BCUT2D eigenvalue weighted by Gasteiger charge is 2.08. The molecular formula is C26H19N3. The Morgan fingerprint density at radius 3 is 2.31 bits per heavy atom. The SMILES string of the molecule is C=Cc1cnc2c(ccc3ccc(/C=C/c4ccc5ccccc5n4)nc32)c1C. The zero-order chi connectivity index (χ0) is 19.8. The summed E-state index contributed by atoms with van der Waals surface area (Å²) in [6.45, 7) is 5.98. The Kier molecular flexibility index (Phi) is 4.14. The Balaban J connectivity index is 1.59. The van der Waals surface area contributed by atoms with Gasteiger partial charge in [-0.2, -0.15) is 0 Å². The van der Waals surface area contributed by atoms with Crippen molar-refractivity contribution in [1.29, 1.82) is 0 Å². The van der Waals surface area contributed by atoms with E-state index in [0.717, 1.165) is 49.7 Å². The van der Waals surface area contributed by atoms with E-state index in [1.165, 1.54) is 5.56 Å². The molecule has 0 amide bonds. The molecule has 0 spiro atoms. The molecule has 3 nitrogen and oxygen atoms in total. The largest absolute Gasteiger partial charge is 0.253 e. The zero-order valence-electron chi connectivity index (χ0n) is 16.1. The number of rotatable bonds is 3. The first-order valence-electron chi connectivity index (χ1n) is 9.58. The van der Waals surface area contributed by atoms with Crippen LogP contribution in [0.3, 0.4) is 0 Å². The molecule has 0 atom stereocenters. The van der Waals surface area contributed by atoms with Gasteiger partial charge in [-0.1, -0.05) is 55.1 Å². The molecule has 0 unspecified atom stereocenters. The fourth-order valence-electron chi connectivity index (χ4n) is 3.65. The van der Waals surface area contributed by atoms with Gasteiger partial charge in [0, 0.05) is 22.4 Å². The van der Waals surface area contributed by atoms with Gasteiger partial charge in [-0.25, -0.2) is 9.97 Å². The van der Waals surface area contributed by atoms with E-state index in [0.29, 0.717) is 0 Å². The van der Waals surface area contributed by atoms with Crippen LogP contribution in [0.25, 0.3) is 50.9 Å². The van der Waals surface area contributed by atoms with Crippen LogP contribution >= 0.6 is 0 Å². The highest BCUT2D eigenvalue weighted by molar-refractivity contribution is 6.04. The van der Waals surface area contributed by atoms with Crippen molar-refractivity contribution in [2.24, 2.45) is 0 Å². The number of fused-ring (bicyclic) bond motifs is 4. The Hall–Kier alpha value is -3.85. The van der Waals surface area contributed by atoms with Crippen LogP contribution < -0.4 is 0 Å². The van der Waals surface area contributed by atoms with Gasteiger partial charge in [-0.3, -0.25) is 4.98 Å². The molecule has 2 aromatic carbocycles. The van der Waals surface area contributed by atoms with E-state index in [2.05, 4.69) is 48.8 Å². The van der Waals surface area contributed by atoms with Crippen LogP contribution in [-0.4, -0.2) is 15.0 Å². The highest BCUT2D eigenvalue weighted by Crippen LogP contribution is 2.27. The number of aromatic nitrogens is 3. The van der Waals surface area contributed by atoms with Gasteiger partial charge < -0.3 is 0 Å². The maximum Gasteiger partial charge on any atom is 0.0971 e. The van der Waals surface area contributed by atoms with E-state index in [1.807, 2.05) is 54.8 Å². The number of benzene rings is 2. The Bertz CT molecular complexity index is 1430. The monoisotopic (exact) mass is 373 g/mol. The summed E-state index contributed by atoms with van der Waals surface area (Å²) in [6, 6.07) is 20.6. The second-order valence-corrected chi connectivity index (χ2v) is 7.07. The molecule has 0 N–H and O–H groups in total. The first-order valence-corrected chi connectivity index (χ1v) is 9.58. The lowest BCUT2D eigenvalue weighted by molar-refractivity contribution is 1.32. The third kappa shape index (κ3) is 3.07. The van der Waals surface area contributed by atoms with Crippen molar-refractivity contribution in [3.05, 3.63) is 96.0 Å². The lowest BCUT2D eigenvalue weighted by Crippen LogP contribution is -1.92. The molecule has 3 heteroatoms. The molecule has 0 aliphatic heterocycles. The predicted molar refractivity (Wildman–Crippen MR) is 123 cm³/mol. The van der Waals surface area contributed by atoms with Crippen LogP contribution in [0, 0.1) is 6.92 Å². The smallest absolute Gasteiger partial charge is 0.0971 e. The fourth-order valence-corrected chi connectivity index (χ4v) is 3.65. The average Bonchev–Trinajstić information content (AvgIpc) is 2.77. The van der Waals surface area contributed by atoms with E-state index >= 15 is 0 Å². The summed E-state index contributed by atoms with van der Waals surface area (Å²) in [5, 5.41) is 3.33. The molecule has 0 fully saturated rings. The average molecular weight is 373 g/mol. The first-order chi connectivity index (χ1) is 14.2. The number of para-hydroxylation sites is 1. The van der Waals surface area contributed by atoms with E-state index in [-0.39, 0.29) is 0 Å². The summed E-state index contributed by atoms with van der Waals surface area (Å²) in [7, 11) is 0. The van der Waals surface area contributed by atoms with Crippen molar-refractivity contribution in [1.82, 2.24) is 15.0 Å². The van der Waals surface area contributed by atoms with Crippen molar-refractivity contribution < 1.29 is 0 Å². The molecule has 0 radical (unpaired) electrons. The van der Waals surface area contributed by atoms with Crippen LogP contribution in [0.15, 0.2) is 73.4 Å². The zero-order valence-corrected chi connectivity index (χ0v) is 16.1. The molecule has 5 rings (SSSR count). The van der Waals surface area contributed by atoms with Crippen LogP contribution in [0.4, 0.5) is 0 Å². The molecule has 0 aliphatic carbocycles. The Morgan fingerprint density at radius 1 is 0.759 bits per heavy atom. The van der Waals surface area contributed by atoms with E-state index in [4.69, 9.17) is 9.97 Å². The summed E-state index contributed by atoms with van der Waals surface area (Å²) in [4.78, 5) is 14.2. The maximum atomic E-state index is 4.87. The third-order valence-corrected chi connectivity index (χ3v) is 5.29. The van der Waals surface area contributed by atoms with Gasteiger partial charge in [0.05, 0.1) is 27.9 Å². The van der Waals surface area contributed by atoms with Gasteiger partial charge >= 0.3 is 0 Å². The van der Waals surface area contributed by atoms with Gasteiger partial charge in [0.15, 0.2) is 0 Å². The summed E-state index contributed by atoms with van der Waals surface area (Å²) < 4.78 is 0. The van der Waals surface area contributed by atoms with Crippen LogP contribution in [0.5, 0.6) is 0 Å². The second kappa shape index (κ2) is 6.95. The lowest BCUT2D eigenvalue weighted by Gasteiger charge is -2.08. The van der Waals surface area contributed by atoms with Crippen molar-refractivity contribution in [3.63, 3.8) is 0 Å². The maximum absolute atomic E-state index is 4.87. The number of nitrogens with zero attached hydrogens (tertiary/aromatic N) is 3. The molecular weight excluding hydrogens is 354 g/mol. The predicted octanol–water partition coefficient (Wildman–Crippen LogP) is 6.45. The summed E-state index contributed by atoms with van der Waals surface area (Å²) in [5.74, 6) is 0. The molecule has 5 aromatic rings. The molecule has 0 saturated heterocycles. The van der Waals surface area contributed by atoms with Crippen LogP contribution in [0.2, 0.25) is 0 Å². The van der Waals surface area contributed by atoms with Crippen LogP contribution in [0.1, 0.15) is 22.5 Å². The minimum Gasteiger partial charge on any atom is -0.253 e. The molecule has 29 heavy (non-hydrogen) atoms. The normalized spacial score (nSPS) is 11.6. The quantitative estimate of drug-likeness (QED) is 0.341. The summed E-state index contributed by atoms with van der Waals surface area (Å²) in [6.07, 6.45) is 7.71. The van der Waals surface area contributed by atoms with Crippen molar-refractivity contribution in [3.8, 4) is 0 Å². The first kappa shape index (κ1) is 17.3. The molecule has 0 saturated carbocycles. The van der Waals surface area contributed by atoms with Gasteiger partial charge in [0.25, 0.3) is 0 Å². The van der Waals surface area contributed by atoms with Gasteiger partial charge in [-0.15, -0.1) is 0 Å². The molecule has 3 aromatic heterocycles. The molecule has 0 bridgehead atoms. The molecule has 138 valence electrons. The van der Waals surface area contributed by atoms with E-state index < -0.39 is 0 Å². The number of hydrogen-bond donors (Lipinski definition) is 0. The lowest BCUT2D eigenvalue weighted by atomic mass is 10.0. The van der Waals surface area contributed by atoms with E-state index in [9.17, 15) is 0 Å². The molecule has 0 aliphatic rings. The topological polar surface area (TPSA) is 38.7 Å². The second-order valence-electron chi connectivity index (χ2n) is 7.07. The third-order valence-electron chi connectivity index (χ3n) is 5.29. The van der Waals surface area contributed by atoms with Gasteiger partial charge in [-0.05, 0) is 48.4 Å². The number of hydrogen-bond acceptors (Lipinski definition) is 3. The van der Waals surface area contributed by atoms with Crippen molar-refractivity contribution in [2.45, 2.75) is 6.92 Å². The number of aryl methyl sites for hydroxylation is 1. The standard InChI is InChI=1S/C26H19N3/c1-3-18-16-27-26-23(17(18)2)15-10-20-9-12-22(29-25(20)26)14-13-21-11-8-19-6-4-5-7-24(19)28-21/h3-16H,1H2,2H3/b14-13+. The van der Waals surface area contributed by atoms with Crippen LogP contribution in [-0.2, 0) is 0 Å². The van der Waals surface area contributed by atoms with Crippen molar-refractivity contribution >= 4 is 50.9 Å². The Morgan fingerprint density at radius 2 is 1.48 bits per heavy atom. The summed E-state index contributed by atoms with van der Waals surface area (Å²) in [5.41, 5.74) is 6.84. The Labute approximate surface area is 169 Å². The minimum atomic E-state index is 0.882. The summed E-state index contributed by atoms with van der Waals surface area (Å²) >= 11 is 0. The minimum absolute atomic E-state index is 0.882. The molecule has 3 heterocycles. The fraction of sp³-hybridized carbons (Fsp3) is 0.0385. The number of pyridine rings is 3.